The Balaban J connectivity index is 2.32. The van der Waals surface area contributed by atoms with Gasteiger partial charge in [-0.1, -0.05) is 13.8 Å². The number of amidine groups is 1. The number of rotatable bonds is 4. The van der Waals surface area contributed by atoms with Gasteiger partial charge in [-0.25, -0.2) is 4.98 Å². The molecule has 0 aliphatic heterocycles. The largest absolute Gasteiger partial charge is 0.387 e. The molecule has 72 valence electrons. The van der Waals surface area contributed by atoms with Gasteiger partial charge in [0.25, 0.3) is 0 Å². The zero-order valence-electron chi connectivity index (χ0n) is 8.14. The van der Waals surface area contributed by atoms with Crippen molar-refractivity contribution in [1.82, 2.24) is 9.55 Å². The smallest absolute Gasteiger partial charge is 0.0963 e. The number of nitrogens with two attached hydrogens (primary N) is 1. The van der Waals surface area contributed by atoms with Crippen molar-refractivity contribution in [3.8, 4) is 0 Å². The molecule has 0 bridgehead atoms. The van der Waals surface area contributed by atoms with Crippen LogP contribution in [0.5, 0.6) is 0 Å². The fourth-order valence-corrected chi connectivity index (χ4v) is 0.896. The van der Waals surface area contributed by atoms with Crippen molar-refractivity contribution in [2.24, 2.45) is 16.6 Å². The molecule has 1 aromatic heterocycles. The topological polar surface area (TPSA) is 56.2 Å². The van der Waals surface area contributed by atoms with Gasteiger partial charge < -0.3 is 10.3 Å². The van der Waals surface area contributed by atoms with Gasteiger partial charge in [0.05, 0.1) is 18.7 Å². The molecule has 0 saturated heterocycles. The maximum Gasteiger partial charge on any atom is 0.0963 e. The van der Waals surface area contributed by atoms with Gasteiger partial charge in [-0.2, -0.15) is 0 Å². The Labute approximate surface area is 78.5 Å². The number of nitrogens with zero attached hydrogens (tertiary/aromatic N) is 3. The first-order chi connectivity index (χ1) is 6.20. The standard InChI is InChI=1S/C9H16N4/c1-8(2)9(10)12-4-6-13-5-3-11-7-13/h3,5,7-8H,4,6H2,1-2H3,(H2,10,12). The van der Waals surface area contributed by atoms with Gasteiger partial charge in [0, 0.05) is 24.9 Å². The molecule has 0 aliphatic carbocycles. The van der Waals surface area contributed by atoms with Crippen LogP contribution in [0.4, 0.5) is 0 Å². The van der Waals surface area contributed by atoms with E-state index in [1.165, 1.54) is 0 Å². The van der Waals surface area contributed by atoms with Crippen molar-refractivity contribution in [2.45, 2.75) is 20.4 Å². The second-order valence-electron chi connectivity index (χ2n) is 3.26. The third-order valence-electron chi connectivity index (χ3n) is 1.80. The van der Waals surface area contributed by atoms with E-state index in [0.717, 1.165) is 18.9 Å². The Morgan fingerprint density at radius 1 is 1.62 bits per heavy atom. The van der Waals surface area contributed by atoms with Gasteiger partial charge in [-0.3, -0.25) is 4.99 Å². The van der Waals surface area contributed by atoms with Crippen molar-refractivity contribution in [1.29, 1.82) is 0 Å². The molecule has 4 heteroatoms. The summed E-state index contributed by atoms with van der Waals surface area (Å²) >= 11 is 0. The van der Waals surface area contributed by atoms with Crippen LogP contribution < -0.4 is 5.73 Å². The van der Waals surface area contributed by atoms with E-state index < -0.39 is 0 Å². The highest BCUT2D eigenvalue weighted by Gasteiger charge is 1.97. The summed E-state index contributed by atoms with van der Waals surface area (Å²) in [6.07, 6.45) is 5.46. The van der Waals surface area contributed by atoms with Crippen LogP contribution in [-0.4, -0.2) is 21.9 Å². The summed E-state index contributed by atoms with van der Waals surface area (Å²) in [5.74, 6) is 1.06. The molecule has 0 saturated carbocycles. The van der Waals surface area contributed by atoms with E-state index in [0.29, 0.717) is 5.92 Å². The number of hydrogen-bond acceptors (Lipinski definition) is 2. The lowest BCUT2D eigenvalue weighted by molar-refractivity contribution is 0.702. The quantitative estimate of drug-likeness (QED) is 0.552. The minimum absolute atomic E-state index is 0.336. The molecule has 0 fully saturated rings. The van der Waals surface area contributed by atoms with Gasteiger partial charge >= 0.3 is 0 Å². The summed E-state index contributed by atoms with van der Waals surface area (Å²) in [5.41, 5.74) is 5.68. The first-order valence-electron chi connectivity index (χ1n) is 4.45. The van der Waals surface area contributed by atoms with Crippen LogP contribution >= 0.6 is 0 Å². The fourth-order valence-electron chi connectivity index (χ4n) is 0.896. The average Bonchev–Trinajstić information content (AvgIpc) is 2.56. The maximum absolute atomic E-state index is 5.68. The molecule has 4 nitrogen and oxygen atoms in total. The zero-order chi connectivity index (χ0) is 9.68. The van der Waals surface area contributed by atoms with Crippen molar-refractivity contribution in [2.75, 3.05) is 6.54 Å². The summed E-state index contributed by atoms with van der Waals surface area (Å²) in [4.78, 5) is 8.18. The second-order valence-corrected chi connectivity index (χ2v) is 3.26. The van der Waals surface area contributed by atoms with Crippen LogP contribution in [0.25, 0.3) is 0 Å². The molecule has 0 amide bonds. The van der Waals surface area contributed by atoms with E-state index in [9.17, 15) is 0 Å². The maximum atomic E-state index is 5.68. The van der Waals surface area contributed by atoms with E-state index in [4.69, 9.17) is 5.73 Å². The zero-order valence-corrected chi connectivity index (χ0v) is 8.14. The molecule has 2 N–H and O–H groups in total. The van der Waals surface area contributed by atoms with Crippen molar-refractivity contribution >= 4 is 5.84 Å². The van der Waals surface area contributed by atoms with Gasteiger partial charge in [0.15, 0.2) is 0 Å². The highest BCUT2D eigenvalue weighted by Crippen LogP contribution is 1.92. The van der Waals surface area contributed by atoms with E-state index in [1.54, 1.807) is 12.5 Å². The van der Waals surface area contributed by atoms with Crippen LogP contribution in [-0.2, 0) is 6.54 Å². The SMILES string of the molecule is CC(C)C(N)=NCCn1ccnc1. The van der Waals surface area contributed by atoms with Crippen LogP contribution in [0.3, 0.4) is 0 Å². The summed E-state index contributed by atoms with van der Waals surface area (Å²) < 4.78 is 1.98. The van der Waals surface area contributed by atoms with Crippen LogP contribution in [0.15, 0.2) is 23.7 Å². The molecule has 13 heavy (non-hydrogen) atoms. The molecule has 0 unspecified atom stereocenters. The van der Waals surface area contributed by atoms with E-state index in [-0.39, 0.29) is 0 Å². The summed E-state index contributed by atoms with van der Waals surface area (Å²) in [6.45, 7) is 5.64. The Morgan fingerprint density at radius 2 is 2.38 bits per heavy atom. The predicted molar refractivity (Wildman–Crippen MR) is 53.6 cm³/mol. The number of imidazole rings is 1. The van der Waals surface area contributed by atoms with E-state index >= 15 is 0 Å². The third kappa shape index (κ3) is 3.27. The molecule has 0 spiro atoms. The number of aromatic nitrogens is 2. The lowest BCUT2D eigenvalue weighted by Crippen LogP contribution is -2.19. The highest BCUT2D eigenvalue weighted by molar-refractivity contribution is 5.82. The van der Waals surface area contributed by atoms with E-state index in [2.05, 4.69) is 9.98 Å². The molecular weight excluding hydrogens is 164 g/mol. The lowest BCUT2D eigenvalue weighted by atomic mass is 10.2. The summed E-state index contributed by atoms with van der Waals surface area (Å²) in [7, 11) is 0. The Hall–Kier alpha value is -1.32. The molecule has 0 aromatic carbocycles. The van der Waals surface area contributed by atoms with Gasteiger partial charge in [-0.15, -0.1) is 0 Å². The molecule has 1 heterocycles. The minimum Gasteiger partial charge on any atom is -0.387 e. The molecular formula is C9H16N4. The molecule has 0 radical (unpaired) electrons. The lowest BCUT2D eigenvalue weighted by Gasteiger charge is -2.03. The predicted octanol–water partition coefficient (Wildman–Crippen LogP) is 0.896. The third-order valence-corrected chi connectivity index (χ3v) is 1.80. The summed E-state index contributed by atoms with van der Waals surface area (Å²) in [5, 5.41) is 0. The molecule has 0 aliphatic rings. The molecule has 1 rings (SSSR count). The van der Waals surface area contributed by atoms with Gasteiger partial charge in [0.2, 0.25) is 0 Å². The Kier molecular flexibility index (Phi) is 3.49. The number of aliphatic imine (C=N–C) groups is 1. The van der Waals surface area contributed by atoms with E-state index in [1.807, 2.05) is 24.6 Å². The van der Waals surface area contributed by atoms with Crippen LogP contribution in [0.2, 0.25) is 0 Å². The van der Waals surface area contributed by atoms with Gasteiger partial charge in [-0.05, 0) is 0 Å². The average molecular weight is 180 g/mol. The molecule has 0 atom stereocenters. The van der Waals surface area contributed by atoms with Crippen molar-refractivity contribution in [3.63, 3.8) is 0 Å². The van der Waals surface area contributed by atoms with Gasteiger partial charge in [0.1, 0.15) is 0 Å². The van der Waals surface area contributed by atoms with Crippen molar-refractivity contribution in [3.05, 3.63) is 18.7 Å². The second kappa shape index (κ2) is 4.64. The highest BCUT2D eigenvalue weighted by atomic mass is 15.0. The Morgan fingerprint density at radius 3 is 2.92 bits per heavy atom. The van der Waals surface area contributed by atoms with Crippen LogP contribution in [0, 0.1) is 5.92 Å². The monoisotopic (exact) mass is 180 g/mol. The summed E-state index contributed by atoms with van der Waals surface area (Å²) in [6, 6.07) is 0. The number of hydrogen-bond donors (Lipinski definition) is 1. The molecule has 1 aromatic rings. The van der Waals surface area contributed by atoms with Crippen LogP contribution in [0.1, 0.15) is 13.8 Å². The normalized spacial score (nSPS) is 12.4. The fraction of sp³-hybridized carbons (Fsp3) is 0.556. The first-order valence-corrected chi connectivity index (χ1v) is 4.45. The minimum atomic E-state index is 0.336. The first kappa shape index (κ1) is 9.77. The Bertz CT molecular complexity index is 261. The van der Waals surface area contributed by atoms with Crippen molar-refractivity contribution < 1.29 is 0 Å².